The van der Waals surface area contributed by atoms with E-state index in [2.05, 4.69) is 38.9 Å². The maximum absolute atomic E-state index is 6.06. The smallest absolute Gasteiger partial charge is 0.0918 e. The Morgan fingerprint density at radius 3 is 2.69 bits per heavy atom. The van der Waals surface area contributed by atoms with Gasteiger partial charge in [0.1, 0.15) is 0 Å². The summed E-state index contributed by atoms with van der Waals surface area (Å²) in [7, 11) is 1.94. The molecule has 0 saturated heterocycles. The highest BCUT2D eigenvalue weighted by Gasteiger charge is 2.25. The zero-order valence-corrected chi connectivity index (χ0v) is 17.1. The summed E-state index contributed by atoms with van der Waals surface area (Å²) in [6.45, 7) is 2.82. The molecule has 0 bridgehead atoms. The van der Waals surface area contributed by atoms with Crippen LogP contribution >= 0.6 is 11.6 Å². The quantitative estimate of drug-likeness (QED) is 0.529. The first-order valence-electron chi connectivity index (χ1n) is 9.64. The van der Waals surface area contributed by atoms with Gasteiger partial charge < -0.3 is 5.32 Å². The minimum absolute atomic E-state index is 0.142. The molecule has 0 fully saturated rings. The molecule has 0 radical (unpaired) electrons. The Balaban J connectivity index is 1.62. The van der Waals surface area contributed by atoms with Crippen LogP contribution in [0.5, 0.6) is 0 Å². The maximum atomic E-state index is 6.06. The van der Waals surface area contributed by atoms with E-state index in [9.17, 15) is 0 Å². The molecule has 2 aromatic heterocycles. The molecule has 0 spiro atoms. The van der Waals surface area contributed by atoms with Crippen LogP contribution in [0.2, 0.25) is 5.02 Å². The van der Waals surface area contributed by atoms with Crippen molar-refractivity contribution in [3.8, 4) is 22.4 Å². The summed E-state index contributed by atoms with van der Waals surface area (Å²) in [5.41, 5.74) is 7.76. The van der Waals surface area contributed by atoms with E-state index in [1.54, 1.807) is 0 Å². The summed E-state index contributed by atoms with van der Waals surface area (Å²) in [4.78, 5) is 0. The minimum atomic E-state index is 0.142. The molecule has 1 aliphatic heterocycles. The molecule has 0 saturated carbocycles. The third kappa shape index (κ3) is 3.29. The minimum Gasteiger partial charge on any atom is -0.378 e. The van der Waals surface area contributed by atoms with E-state index in [1.165, 1.54) is 11.1 Å². The average Bonchev–Trinajstić information content (AvgIpc) is 3.28. The van der Waals surface area contributed by atoms with Gasteiger partial charge in [-0.3, -0.25) is 4.68 Å². The summed E-state index contributed by atoms with van der Waals surface area (Å²) >= 11 is 6.06. The maximum Gasteiger partial charge on any atom is 0.0918 e. The fraction of sp³-hybridized carbons (Fsp3) is 0.227. The van der Waals surface area contributed by atoms with Gasteiger partial charge in [0.05, 0.1) is 23.6 Å². The third-order valence-corrected chi connectivity index (χ3v) is 5.69. The molecule has 7 heteroatoms. The fourth-order valence-corrected chi connectivity index (χ4v) is 4.14. The Kier molecular flexibility index (Phi) is 4.36. The predicted molar refractivity (Wildman–Crippen MR) is 115 cm³/mol. The normalized spacial score (nSPS) is 15.5. The van der Waals surface area contributed by atoms with Gasteiger partial charge in [-0.15, -0.1) is 5.10 Å². The van der Waals surface area contributed by atoms with Gasteiger partial charge in [0.25, 0.3) is 0 Å². The lowest BCUT2D eigenvalue weighted by atomic mass is 9.93. The molecule has 146 valence electrons. The number of rotatable bonds is 3. The molecule has 0 amide bonds. The second-order valence-electron chi connectivity index (χ2n) is 7.44. The van der Waals surface area contributed by atoms with Gasteiger partial charge in [0.2, 0.25) is 0 Å². The van der Waals surface area contributed by atoms with Crippen molar-refractivity contribution in [1.29, 1.82) is 0 Å². The van der Waals surface area contributed by atoms with Gasteiger partial charge >= 0.3 is 0 Å². The van der Waals surface area contributed by atoms with Crippen LogP contribution in [0.15, 0.2) is 54.9 Å². The molecule has 4 aromatic rings. The van der Waals surface area contributed by atoms with Crippen molar-refractivity contribution in [2.45, 2.75) is 25.9 Å². The third-order valence-electron chi connectivity index (χ3n) is 5.44. The highest BCUT2D eigenvalue weighted by Crippen LogP contribution is 2.39. The van der Waals surface area contributed by atoms with Crippen molar-refractivity contribution < 1.29 is 0 Å². The number of aromatic nitrogens is 5. The Morgan fingerprint density at radius 2 is 1.93 bits per heavy atom. The van der Waals surface area contributed by atoms with Gasteiger partial charge in [0, 0.05) is 41.6 Å². The molecular formula is C22H21ClN6. The van der Waals surface area contributed by atoms with Crippen LogP contribution in [-0.2, 0) is 13.6 Å². The molecule has 3 heterocycles. The molecule has 2 aromatic carbocycles. The number of anilines is 1. The fourth-order valence-electron chi connectivity index (χ4n) is 4.01. The van der Waals surface area contributed by atoms with Gasteiger partial charge in [-0.25, -0.2) is 4.68 Å². The van der Waals surface area contributed by atoms with Crippen molar-refractivity contribution in [1.82, 2.24) is 24.8 Å². The lowest BCUT2D eigenvalue weighted by molar-refractivity contribution is 0.539. The first-order chi connectivity index (χ1) is 14.1. The lowest BCUT2D eigenvalue weighted by Crippen LogP contribution is -2.12. The van der Waals surface area contributed by atoms with Crippen molar-refractivity contribution >= 4 is 17.3 Å². The van der Waals surface area contributed by atoms with Crippen molar-refractivity contribution in [2.24, 2.45) is 7.05 Å². The molecule has 0 unspecified atom stereocenters. The zero-order chi connectivity index (χ0) is 20.0. The number of nitrogens with one attached hydrogen (secondary N) is 1. The zero-order valence-electron chi connectivity index (χ0n) is 16.3. The van der Waals surface area contributed by atoms with Crippen LogP contribution in [0.1, 0.15) is 23.7 Å². The molecule has 5 rings (SSSR count). The number of fused-ring (bicyclic) bond motifs is 3. The van der Waals surface area contributed by atoms with Gasteiger partial charge in [-0.1, -0.05) is 28.9 Å². The predicted octanol–water partition coefficient (Wildman–Crippen LogP) is 4.86. The van der Waals surface area contributed by atoms with E-state index in [0.29, 0.717) is 0 Å². The number of hydrogen-bond donors (Lipinski definition) is 1. The van der Waals surface area contributed by atoms with Gasteiger partial charge in [-0.05, 0) is 54.8 Å². The summed E-state index contributed by atoms with van der Waals surface area (Å²) in [6.07, 6.45) is 4.84. The molecule has 0 aliphatic carbocycles. The first kappa shape index (κ1) is 17.9. The summed E-state index contributed by atoms with van der Waals surface area (Å²) in [5, 5.41) is 17.4. The lowest BCUT2D eigenvalue weighted by Gasteiger charge is -2.21. The SMILES string of the molecule is Cc1nnn2c1-c1ccc(-c3cnn(C)c3)cc1[C@H](Nc1ccc(Cl)cc1)CC2. The van der Waals surface area contributed by atoms with Crippen LogP contribution in [0.25, 0.3) is 22.4 Å². The second kappa shape index (κ2) is 7.04. The Morgan fingerprint density at radius 1 is 1.10 bits per heavy atom. The number of benzene rings is 2. The molecular weight excluding hydrogens is 384 g/mol. The highest BCUT2D eigenvalue weighted by atomic mass is 35.5. The molecule has 1 N–H and O–H groups in total. The molecule has 1 aliphatic rings. The summed E-state index contributed by atoms with van der Waals surface area (Å²) < 4.78 is 3.84. The number of halogens is 1. The van der Waals surface area contributed by atoms with E-state index >= 15 is 0 Å². The summed E-state index contributed by atoms with van der Waals surface area (Å²) in [6, 6.07) is 14.6. The van der Waals surface area contributed by atoms with Crippen LogP contribution in [0.3, 0.4) is 0 Å². The highest BCUT2D eigenvalue weighted by molar-refractivity contribution is 6.30. The first-order valence-corrected chi connectivity index (χ1v) is 10.0. The van der Waals surface area contributed by atoms with Crippen LogP contribution in [0.4, 0.5) is 5.69 Å². The number of hydrogen-bond acceptors (Lipinski definition) is 4. The van der Waals surface area contributed by atoms with Crippen LogP contribution in [-0.4, -0.2) is 24.8 Å². The van der Waals surface area contributed by atoms with E-state index in [-0.39, 0.29) is 6.04 Å². The summed E-state index contributed by atoms with van der Waals surface area (Å²) in [5.74, 6) is 0. The number of nitrogens with zero attached hydrogens (tertiary/aromatic N) is 5. The Labute approximate surface area is 174 Å². The molecule has 1 atom stereocenters. The standard InChI is InChI=1S/C22H21ClN6/c1-14-22-19-8-3-15(16-12-24-28(2)13-16)11-20(19)21(9-10-29(22)27-26-14)25-18-6-4-17(23)5-7-18/h3-8,11-13,21,25H,9-10H2,1-2H3/t21-/m1/s1. The Hall–Kier alpha value is -3.12. The Bertz CT molecular complexity index is 1170. The molecule has 29 heavy (non-hydrogen) atoms. The van der Waals surface area contributed by atoms with Crippen molar-refractivity contribution in [3.63, 3.8) is 0 Å². The van der Waals surface area contributed by atoms with Gasteiger partial charge in [-0.2, -0.15) is 5.10 Å². The topological polar surface area (TPSA) is 60.6 Å². The monoisotopic (exact) mass is 404 g/mol. The van der Waals surface area contributed by atoms with E-state index in [1.807, 2.05) is 60.0 Å². The van der Waals surface area contributed by atoms with Crippen molar-refractivity contribution in [3.05, 3.63) is 71.1 Å². The average molecular weight is 405 g/mol. The van der Waals surface area contributed by atoms with Crippen LogP contribution < -0.4 is 5.32 Å². The van der Waals surface area contributed by atoms with Crippen molar-refractivity contribution in [2.75, 3.05) is 5.32 Å². The second-order valence-corrected chi connectivity index (χ2v) is 7.88. The number of aryl methyl sites for hydroxylation is 3. The van der Waals surface area contributed by atoms with E-state index in [4.69, 9.17) is 11.6 Å². The van der Waals surface area contributed by atoms with Crippen LogP contribution in [0, 0.1) is 6.92 Å². The largest absolute Gasteiger partial charge is 0.378 e. The molecule has 6 nitrogen and oxygen atoms in total. The van der Waals surface area contributed by atoms with Gasteiger partial charge in [0.15, 0.2) is 0 Å². The van der Waals surface area contributed by atoms with E-state index in [0.717, 1.165) is 46.2 Å². The van der Waals surface area contributed by atoms with E-state index < -0.39 is 0 Å².